The van der Waals surface area contributed by atoms with Gasteiger partial charge in [0, 0.05) is 45.1 Å². The number of likely N-dealkylation sites (tertiary alicyclic amines) is 1. The summed E-state index contributed by atoms with van der Waals surface area (Å²) in [7, 11) is 0. The van der Waals surface area contributed by atoms with Gasteiger partial charge in [-0.1, -0.05) is 12.2 Å². The van der Waals surface area contributed by atoms with Crippen molar-refractivity contribution in [2.24, 2.45) is 17.8 Å². The van der Waals surface area contributed by atoms with Gasteiger partial charge in [-0.3, -0.25) is 24.1 Å². The zero-order valence-corrected chi connectivity index (χ0v) is 14.9. The third kappa shape index (κ3) is 3.15. The maximum atomic E-state index is 12.5. The smallest absolute Gasteiger partial charge is 0.233 e. The fraction of sp³-hybridized carbons (Fsp3) is 0.684. The summed E-state index contributed by atoms with van der Waals surface area (Å²) in [5.41, 5.74) is 0. The Kier molecular flexibility index (Phi) is 4.54. The number of allylic oxidation sites excluding steroid dienone is 2. The summed E-state index contributed by atoms with van der Waals surface area (Å²) < 4.78 is 0. The number of rotatable bonds is 4. The van der Waals surface area contributed by atoms with Gasteiger partial charge in [0.25, 0.3) is 0 Å². The van der Waals surface area contributed by atoms with E-state index in [0.29, 0.717) is 39.0 Å². The van der Waals surface area contributed by atoms with Gasteiger partial charge in [0.15, 0.2) is 0 Å². The second kappa shape index (κ2) is 6.85. The van der Waals surface area contributed by atoms with Crippen LogP contribution < -0.4 is 0 Å². The molecular weight excluding hydrogens is 334 g/mol. The van der Waals surface area contributed by atoms with Gasteiger partial charge in [-0.15, -0.1) is 0 Å². The lowest BCUT2D eigenvalue weighted by molar-refractivity contribution is -0.143. The van der Waals surface area contributed by atoms with Gasteiger partial charge >= 0.3 is 0 Å². The van der Waals surface area contributed by atoms with E-state index in [-0.39, 0.29) is 54.3 Å². The van der Waals surface area contributed by atoms with Crippen LogP contribution in [0.3, 0.4) is 0 Å². The van der Waals surface area contributed by atoms with Crippen molar-refractivity contribution in [3.63, 3.8) is 0 Å². The first-order valence-electron chi connectivity index (χ1n) is 9.63. The minimum absolute atomic E-state index is 0.0443. The van der Waals surface area contributed by atoms with Crippen molar-refractivity contribution in [1.29, 1.82) is 0 Å². The van der Waals surface area contributed by atoms with Crippen molar-refractivity contribution in [2.75, 3.05) is 32.7 Å². The normalized spacial score (nSPS) is 28.5. The Balaban J connectivity index is 1.26. The first kappa shape index (κ1) is 17.2. The molecule has 0 unspecified atom stereocenters. The summed E-state index contributed by atoms with van der Waals surface area (Å²) in [5.74, 6) is -0.339. The lowest BCUT2D eigenvalue weighted by Gasteiger charge is -2.35. The van der Waals surface area contributed by atoms with Crippen LogP contribution in [-0.4, -0.2) is 71.1 Å². The van der Waals surface area contributed by atoms with Gasteiger partial charge in [-0.2, -0.15) is 0 Å². The van der Waals surface area contributed by atoms with Gasteiger partial charge in [0.2, 0.25) is 23.6 Å². The van der Waals surface area contributed by atoms with Crippen LogP contribution in [0.25, 0.3) is 0 Å². The third-order valence-electron chi connectivity index (χ3n) is 6.02. The van der Waals surface area contributed by atoms with Crippen molar-refractivity contribution >= 4 is 23.6 Å². The van der Waals surface area contributed by atoms with Crippen LogP contribution in [0, 0.1) is 17.8 Å². The zero-order chi connectivity index (χ0) is 18.3. The highest BCUT2D eigenvalue weighted by atomic mass is 16.2. The molecule has 2 heterocycles. The van der Waals surface area contributed by atoms with Crippen molar-refractivity contribution in [1.82, 2.24) is 14.7 Å². The number of piperazine rings is 1. The second-order valence-corrected chi connectivity index (χ2v) is 7.71. The molecule has 26 heavy (non-hydrogen) atoms. The number of carbonyl (C=O) groups excluding carboxylic acids is 4. The standard InChI is InChI=1S/C19H25N3O4/c23-16(20-9-11-21(12-10-20)17(24)13-5-6-13)7-8-22-18(25)14-3-1-2-4-15(14)19(22)26/h1-2,13-15H,3-12H2/t14-,15-/m0/s1. The number of fused-ring (bicyclic) bond motifs is 1. The molecule has 140 valence electrons. The molecule has 4 amide bonds. The molecule has 2 aliphatic carbocycles. The predicted molar refractivity (Wildman–Crippen MR) is 92.6 cm³/mol. The molecule has 0 aromatic heterocycles. The van der Waals surface area contributed by atoms with E-state index in [2.05, 4.69) is 0 Å². The Labute approximate surface area is 153 Å². The maximum absolute atomic E-state index is 12.5. The number of imide groups is 1. The van der Waals surface area contributed by atoms with Crippen LogP contribution >= 0.6 is 0 Å². The number of carbonyl (C=O) groups is 4. The average molecular weight is 359 g/mol. The van der Waals surface area contributed by atoms with E-state index in [9.17, 15) is 19.2 Å². The molecule has 0 spiro atoms. The highest BCUT2D eigenvalue weighted by molar-refractivity contribution is 6.05. The number of amides is 4. The molecule has 4 rings (SSSR count). The Hall–Kier alpha value is -2.18. The fourth-order valence-electron chi connectivity index (χ4n) is 4.22. The Morgan fingerprint density at radius 3 is 1.96 bits per heavy atom. The van der Waals surface area contributed by atoms with Crippen LogP contribution in [-0.2, 0) is 19.2 Å². The molecule has 0 bridgehead atoms. The predicted octanol–water partition coefficient (Wildman–Crippen LogP) is 0.409. The van der Waals surface area contributed by atoms with Crippen molar-refractivity contribution in [3.8, 4) is 0 Å². The van der Waals surface area contributed by atoms with Gasteiger partial charge in [0.1, 0.15) is 0 Å². The van der Waals surface area contributed by atoms with Crippen molar-refractivity contribution in [3.05, 3.63) is 12.2 Å². The molecule has 0 aromatic rings. The number of hydrogen-bond donors (Lipinski definition) is 0. The van der Waals surface area contributed by atoms with Crippen molar-refractivity contribution < 1.29 is 19.2 Å². The summed E-state index contributed by atoms with van der Waals surface area (Å²) in [5, 5.41) is 0. The highest BCUT2D eigenvalue weighted by Crippen LogP contribution is 2.35. The Bertz CT molecular complexity index is 636. The second-order valence-electron chi connectivity index (χ2n) is 7.71. The molecule has 2 aliphatic heterocycles. The lowest BCUT2D eigenvalue weighted by Crippen LogP contribution is -2.51. The molecule has 4 aliphatic rings. The van der Waals surface area contributed by atoms with Crippen LogP contribution in [0.15, 0.2) is 12.2 Å². The number of nitrogens with zero attached hydrogens (tertiary/aromatic N) is 3. The molecule has 0 radical (unpaired) electrons. The minimum Gasteiger partial charge on any atom is -0.339 e. The summed E-state index contributed by atoms with van der Waals surface area (Å²) >= 11 is 0. The average Bonchev–Trinajstić information content (AvgIpc) is 3.49. The van der Waals surface area contributed by atoms with E-state index in [0.717, 1.165) is 12.8 Å². The van der Waals surface area contributed by atoms with E-state index in [1.807, 2.05) is 17.1 Å². The van der Waals surface area contributed by atoms with Gasteiger partial charge in [0.05, 0.1) is 11.8 Å². The van der Waals surface area contributed by atoms with E-state index in [4.69, 9.17) is 0 Å². The minimum atomic E-state index is -0.236. The van der Waals surface area contributed by atoms with Crippen LogP contribution in [0.5, 0.6) is 0 Å². The molecule has 7 nitrogen and oxygen atoms in total. The molecule has 0 N–H and O–H groups in total. The molecule has 2 atom stereocenters. The lowest BCUT2D eigenvalue weighted by atomic mass is 9.85. The van der Waals surface area contributed by atoms with E-state index in [1.165, 1.54) is 4.90 Å². The monoisotopic (exact) mass is 359 g/mol. The SMILES string of the molecule is O=C(CCN1C(=O)[C@H]2CC=CC[C@@H]2C1=O)N1CCN(C(=O)C2CC2)CC1. The molecule has 7 heteroatoms. The van der Waals surface area contributed by atoms with Gasteiger partial charge in [-0.25, -0.2) is 0 Å². The summed E-state index contributed by atoms with van der Waals surface area (Å²) in [6.07, 6.45) is 7.32. The largest absolute Gasteiger partial charge is 0.339 e. The third-order valence-corrected chi connectivity index (χ3v) is 6.02. The molecule has 2 saturated heterocycles. The molecule has 3 fully saturated rings. The molecule has 1 saturated carbocycles. The van der Waals surface area contributed by atoms with Crippen LogP contribution in [0.4, 0.5) is 0 Å². The van der Waals surface area contributed by atoms with E-state index >= 15 is 0 Å². The Morgan fingerprint density at radius 1 is 0.885 bits per heavy atom. The summed E-state index contributed by atoms with van der Waals surface area (Å²) in [6, 6.07) is 0. The van der Waals surface area contributed by atoms with Gasteiger partial charge in [-0.05, 0) is 25.7 Å². The number of hydrogen-bond acceptors (Lipinski definition) is 4. The summed E-state index contributed by atoms with van der Waals surface area (Å²) in [4.78, 5) is 54.3. The summed E-state index contributed by atoms with van der Waals surface area (Å²) in [6.45, 7) is 2.41. The first-order chi connectivity index (χ1) is 12.6. The van der Waals surface area contributed by atoms with Crippen molar-refractivity contribution in [2.45, 2.75) is 32.1 Å². The fourth-order valence-corrected chi connectivity index (χ4v) is 4.22. The quantitative estimate of drug-likeness (QED) is 0.538. The molecular formula is C19H25N3O4. The molecule has 0 aromatic carbocycles. The van der Waals surface area contributed by atoms with E-state index < -0.39 is 0 Å². The topological polar surface area (TPSA) is 78.0 Å². The van der Waals surface area contributed by atoms with E-state index in [1.54, 1.807) is 4.90 Å². The highest BCUT2D eigenvalue weighted by Gasteiger charge is 2.47. The van der Waals surface area contributed by atoms with Crippen LogP contribution in [0.2, 0.25) is 0 Å². The van der Waals surface area contributed by atoms with Gasteiger partial charge < -0.3 is 9.80 Å². The van der Waals surface area contributed by atoms with Crippen LogP contribution in [0.1, 0.15) is 32.1 Å². The zero-order valence-electron chi connectivity index (χ0n) is 14.9. The first-order valence-corrected chi connectivity index (χ1v) is 9.63. The Morgan fingerprint density at radius 2 is 1.42 bits per heavy atom. The maximum Gasteiger partial charge on any atom is 0.233 e.